The Balaban J connectivity index is 3.43. The van der Waals surface area contributed by atoms with Crippen LogP contribution in [0.1, 0.15) is 25.0 Å². The van der Waals surface area contributed by atoms with Crippen LogP contribution in [0.3, 0.4) is 0 Å². The molecule has 0 radical (unpaired) electrons. The molecule has 0 aliphatic rings. The normalized spacial score (nSPS) is 12.2. The Labute approximate surface area is 110 Å². The molecule has 1 nitrogen and oxygen atoms in total. The molecule has 0 unspecified atom stereocenters. The van der Waals surface area contributed by atoms with Crippen molar-refractivity contribution in [2.45, 2.75) is 20.0 Å². The second-order valence-corrected chi connectivity index (χ2v) is 9.49. The van der Waals surface area contributed by atoms with Crippen LogP contribution in [0.4, 0.5) is 13.2 Å². The molecular weight excluding hydrogens is 278 g/mol. The third-order valence-electron chi connectivity index (χ3n) is 2.91. The fourth-order valence-electron chi connectivity index (χ4n) is 1.72. The lowest BCUT2D eigenvalue weighted by molar-refractivity contribution is -0.137. The Morgan fingerprint density at radius 2 is 1.83 bits per heavy atom. The van der Waals surface area contributed by atoms with E-state index in [-0.39, 0.29) is 5.56 Å². The minimum absolute atomic E-state index is 0.0665. The number of benzene rings is 1. The van der Waals surface area contributed by atoms with Gasteiger partial charge in [-0.2, -0.15) is 18.4 Å². The molecule has 0 bridgehead atoms. The lowest BCUT2D eigenvalue weighted by Crippen LogP contribution is -2.15. The first-order chi connectivity index (χ1) is 8.28. The van der Waals surface area contributed by atoms with Crippen molar-refractivity contribution in [1.29, 1.82) is 5.26 Å². The number of nitrogens with zero attached hydrogens (tertiary/aromatic N) is 1. The van der Waals surface area contributed by atoms with Gasteiger partial charge in [-0.05, 0) is 30.5 Å². The summed E-state index contributed by atoms with van der Waals surface area (Å²) in [6.45, 7) is 3.84. The van der Waals surface area contributed by atoms with Gasteiger partial charge in [-0.3, -0.25) is 0 Å². The van der Waals surface area contributed by atoms with Crippen molar-refractivity contribution < 1.29 is 13.2 Å². The highest BCUT2D eigenvalue weighted by Gasteiger charge is 2.32. The molecule has 0 aromatic heterocycles. The van der Waals surface area contributed by atoms with Crippen LogP contribution in [-0.4, -0.2) is 12.3 Å². The third-order valence-corrected chi connectivity index (χ3v) is 8.36. The Bertz CT molecular complexity index is 523. The average Bonchev–Trinajstić information content (AvgIpc) is 2.36. The largest absolute Gasteiger partial charge is 0.416 e. The first kappa shape index (κ1) is 15.2. The van der Waals surface area contributed by atoms with Gasteiger partial charge in [0.2, 0.25) is 0 Å². The first-order valence-electron chi connectivity index (χ1n) is 5.48. The molecule has 18 heavy (non-hydrogen) atoms. The molecule has 0 aliphatic carbocycles. The summed E-state index contributed by atoms with van der Waals surface area (Å²) in [4.78, 5) is 0. The van der Waals surface area contributed by atoms with E-state index < -0.39 is 17.8 Å². The summed E-state index contributed by atoms with van der Waals surface area (Å²) in [6.07, 6.45) is -3.01. The summed E-state index contributed by atoms with van der Waals surface area (Å²) in [6, 6.07) is 3.23. The predicted octanol–water partition coefficient (Wildman–Crippen LogP) is 3.72. The van der Waals surface area contributed by atoms with Crippen LogP contribution in [0.5, 0.6) is 0 Å². The van der Waals surface area contributed by atoms with Crippen molar-refractivity contribution >= 4 is 23.1 Å². The Kier molecular flexibility index (Phi) is 4.58. The SMILES string of the molecule is CCP(=S)(CC)c1ccc(C(F)(F)F)cc1C#N. The minimum atomic E-state index is -4.43. The molecule has 6 heteroatoms. The lowest BCUT2D eigenvalue weighted by atomic mass is 10.1. The van der Waals surface area contributed by atoms with Crippen LogP contribution < -0.4 is 5.30 Å². The molecule has 0 atom stereocenters. The molecule has 0 N–H and O–H groups in total. The number of nitriles is 1. The Morgan fingerprint density at radius 1 is 1.28 bits per heavy atom. The predicted molar refractivity (Wildman–Crippen MR) is 71.2 cm³/mol. The van der Waals surface area contributed by atoms with E-state index in [1.807, 2.05) is 19.9 Å². The van der Waals surface area contributed by atoms with Crippen molar-refractivity contribution in [3.63, 3.8) is 0 Å². The quantitative estimate of drug-likeness (QED) is 0.792. The maximum absolute atomic E-state index is 12.6. The smallest absolute Gasteiger partial charge is 0.192 e. The van der Waals surface area contributed by atoms with Gasteiger partial charge in [0.05, 0.1) is 17.2 Å². The van der Waals surface area contributed by atoms with Crippen LogP contribution in [0.25, 0.3) is 0 Å². The molecule has 0 saturated carbocycles. The number of alkyl halides is 3. The van der Waals surface area contributed by atoms with Gasteiger partial charge in [0.1, 0.15) is 0 Å². The molecule has 98 valence electrons. The highest BCUT2D eigenvalue weighted by Crippen LogP contribution is 2.45. The summed E-state index contributed by atoms with van der Waals surface area (Å²) in [5.74, 6) is 0. The Morgan fingerprint density at radius 3 is 2.22 bits per heavy atom. The maximum Gasteiger partial charge on any atom is 0.416 e. The van der Waals surface area contributed by atoms with Crippen LogP contribution in [-0.2, 0) is 18.0 Å². The van der Waals surface area contributed by atoms with E-state index in [1.165, 1.54) is 6.07 Å². The van der Waals surface area contributed by atoms with Crippen molar-refractivity contribution in [1.82, 2.24) is 0 Å². The van der Waals surface area contributed by atoms with E-state index in [0.29, 0.717) is 17.6 Å². The van der Waals surface area contributed by atoms with Crippen LogP contribution in [0.2, 0.25) is 0 Å². The molecule has 0 aliphatic heterocycles. The zero-order valence-electron chi connectivity index (χ0n) is 10.1. The van der Waals surface area contributed by atoms with Gasteiger partial charge in [-0.1, -0.05) is 31.7 Å². The zero-order chi connectivity index (χ0) is 14.0. The number of hydrogen-bond acceptors (Lipinski definition) is 2. The van der Waals surface area contributed by atoms with Gasteiger partial charge in [0.15, 0.2) is 0 Å². The molecule has 0 amide bonds. The second kappa shape index (κ2) is 5.42. The van der Waals surface area contributed by atoms with Gasteiger partial charge in [-0.15, -0.1) is 0 Å². The van der Waals surface area contributed by atoms with E-state index in [4.69, 9.17) is 17.1 Å². The van der Waals surface area contributed by atoms with E-state index in [1.54, 1.807) is 0 Å². The summed E-state index contributed by atoms with van der Waals surface area (Å²) in [5, 5.41) is 9.64. The number of halogens is 3. The highest BCUT2D eigenvalue weighted by atomic mass is 32.4. The van der Waals surface area contributed by atoms with Gasteiger partial charge in [0.25, 0.3) is 0 Å². The Hall–Kier alpha value is -0.850. The number of hydrogen-bond donors (Lipinski definition) is 0. The van der Waals surface area contributed by atoms with Gasteiger partial charge < -0.3 is 0 Å². The van der Waals surface area contributed by atoms with Crippen molar-refractivity contribution in [3.8, 4) is 6.07 Å². The van der Waals surface area contributed by atoms with E-state index in [2.05, 4.69) is 0 Å². The topological polar surface area (TPSA) is 23.8 Å². The average molecular weight is 291 g/mol. The van der Waals surface area contributed by atoms with Crippen LogP contribution >= 0.6 is 6.04 Å². The first-order valence-corrected chi connectivity index (χ1v) is 8.65. The van der Waals surface area contributed by atoms with Crippen molar-refractivity contribution in [3.05, 3.63) is 29.3 Å². The molecule has 0 spiro atoms. The fourth-order valence-corrected chi connectivity index (χ4v) is 4.23. The monoisotopic (exact) mass is 291 g/mol. The molecule has 1 aromatic rings. The standard InChI is InChI=1S/C12H13F3NPS/c1-3-17(18,4-2)11-6-5-10(12(13,14)15)7-9(11)8-16/h5-7H,3-4H2,1-2H3. The summed E-state index contributed by atoms with van der Waals surface area (Å²) in [7, 11) is 0. The van der Waals surface area contributed by atoms with Gasteiger partial charge in [-0.25, -0.2) is 0 Å². The van der Waals surface area contributed by atoms with E-state index >= 15 is 0 Å². The lowest BCUT2D eigenvalue weighted by Gasteiger charge is -2.21. The summed E-state index contributed by atoms with van der Waals surface area (Å²) in [5.41, 5.74) is -0.728. The van der Waals surface area contributed by atoms with E-state index in [9.17, 15) is 13.2 Å². The van der Waals surface area contributed by atoms with Gasteiger partial charge in [0, 0.05) is 5.30 Å². The zero-order valence-corrected chi connectivity index (χ0v) is 11.8. The summed E-state index contributed by atoms with van der Waals surface area (Å²) < 4.78 is 37.7. The van der Waals surface area contributed by atoms with Crippen molar-refractivity contribution in [2.75, 3.05) is 12.3 Å². The molecule has 0 fully saturated rings. The van der Waals surface area contributed by atoms with Crippen LogP contribution in [0.15, 0.2) is 18.2 Å². The van der Waals surface area contributed by atoms with Gasteiger partial charge >= 0.3 is 6.18 Å². The molecule has 0 saturated heterocycles. The van der Waals surface area contributed by atoms with Crippen LogP contribution in [0, 0.1) is 11.3 Å². The number of rotatable bonds is 3. The fraction of sp³-hybridized carbons (Fsp3) is 0.417. The minimum Gasteiger partial charge on any atom is -0.192 e. The highest BCUT2D eigenvalue weighted by molar-refractivity contribution is 8.18. The molecule has 0 heterocycles. The second-order valence-electron chi connectivity index (χ2n) is 3.86. The van der Waals surface area contributed by atoms with E-state index in [0.717, 1.165) is 12.1 Å². The van der Waals surface area contributed by atoms with Crippen molar-refractivity contribution in [2.24, 2.45) is 0 Å². The maximum atomic E-state index is 12.6. The molecular formula is C12H13F3NPS. The molecule has 1 aromatic carbocycles. The summed E-state index contributed by atoms with van der Waals surface area (Å²) >= 11 is 5.54. The molecule has 1 rings (SSSR count). The third kappa shape index (κ3) is 2.93.